The number of methoxy groups -OCH3 is 1. The molecule has 0 unspecified atom stereocenters. The number of hydrogen-bond acceptors (Lipinski definition) is 6. The Bertz CT molecular complexity index is 921. The quantitative estimate of drug-likeness (QED) is 0.753. The van der Waals surface area contributed by atoms with Gasteiger partial charge >= 0.3 is 0 Å². The molecule has 1 aromatic carbocycles. The maximum atomic E-state index is 6.19. The van der Waals surface area contributed by atoms with Crippen LogP contribution in [0.3, 0.4) is 0 Å². The van der Waals surface area contributed by atoms with Gasteiger partial charge in [0.05, 0.1) is 12.5 Å². The summed E-state index contributed by atoms with van der Waals surface area (Å²) in [4.78, 5) is 13.2. The van der Waals surface area contributed by atoms with E-state index in [1.165, 1.54) is 5.56 Å². The molecule has 0 bridgehead atoms. The third kappa shape index (κ3) is 2.31. The number of ether oxygens (including phenoxy) is 1. The molecule has 4 rings (SSSR count). The van der Waals surface area contributed by atoms with E-state index in [1.807, 2.05) is 24.3 Å². The highest BCUT2D eigenvalue weighted by Gasteiger charge is 2.22. The van der Waals surface area contributed by atoms with Crippen molar-refractivity contribution >= 4 is 22.8 Å². The maximum absolute atomic E-state index is 6.19. The smallest absolute Gasteiger partial charge is 0.224 e. The second-order valence-corrected chi connectivity index (χ2v) is 6.01. The van der Waals surface area contributed by atoms with Gasteiger partial charge in [-0.1, -0.05) is 12.1 Å². The third-order valence-electron chi connectivity index (χ3n) is 4.55. The van der Waals surface area contributed by atoms with Crippen LogP contribution in [0.15, 0.2) is 24.3 Å². The molecular formula is C18H19N5O. The number of pyridine rings is 1. The van der Waals surface area contributed by atoms with E-state index in [9.17, 15) is 0 Å². The van der Waals surface area contributed by atoms with Crippen molar-refractivity contribution in [1.29, 1.82) is 0 Å². The predicted molar refractivity (Wildman–Crippen MR) is 94.8 cm³/mol. The van der Waals surface area contributed by atoms with Crippen LogP contribution in [-0.4, -0.2) is 22.1 Å². The van der Waals surface area contributed by atoms with Gasteiger partial charge in [-0.05, 0) is 48.9 Å². The number of aromatic nitrogens is 3. The van der Waals surface area contributed by atoms with Crippen molar-refractivity contribution in [2.24, 2.45) is 0 Å². The minimum absolute atomic E-state index is 0.156. The molecule has 0 aliphatic heterocycles. The third-order valence-corrected chi connectivity index (χ3v) is 4.55. The van der Waals surface area contributed by atoms with Crippen LogP contribution >= 0.6 is 0 Å². The molecule has 0 atom stereocenters. The van der Waals surface area contributed by atoms with E-state index in [2.05, 4.69) is 9.97 Å². The molecule has 0 fully saturated rings. The second-order valence-electron chi connectivity index (χ2n) is 6.01. The zero-order valence-corrected chi connectivity index (χ0v) is 13.5. The van der Waals surface area contributed by atoms with Crippen molar-refractivity contribution in [3.63, 3.8) is 0 Å². The van der Waals surface area contributed by atoms with E-state index >= 15 is 0 Å². The van der Waals surface area contributed by atoms with Gasteiger partial charge in [0.15, 0.2) is 5.65 Å². The molecule has 2 heterocycles. The topological polar surface area (TPSA) is 99.9 Å². The van der Waals surface area contributed by atoms with E-state index in [-0.39, 0.29) is 5.95 Å². The monoisotopic (exact) mass is 321 g/mol. The fraction of sp³-hybridized carbons (Fsp3) is 0.278. The molecule has 2 aromatic heterocycles. The fourth-order valence-corrected chi connectivity index (χ4v) is 3.44. The summed E-state index contributed by atoms with van der Waals surface area (Å²) in [5.74, 6) is 1.35. The number of rotatable bonds is 2. The molecule has 122 valence electrons. The van der Waals surface area contributed by atoms with Crippen LogP contribution in [0, 0.1) is 0 Å². The number of nitrogens with two attached hydrogens (primary N) is 2. The maximum Gasteiger partial charge on any atom is 0.224 e. The van der Waals surface area contributed by atoms with Gasteiger partial charge in [0.2, 0.25) is 5.95 Å². The van der Waals surface area contributed by atoms with Gasteiger partial charge in [-0.15, -0.1) is 0 Å². The van der Waals surface area contributed by atoms with E-state index in [0.29, 0.717) is 11.5 Å². The Morgan fingerprint density at radius 3 is 2.46 bits per heavy atom. The molecular weight excluding hydrogens is 302 g/mol. The first-order chi connectivity index (χ1) is 11.7. The molecule has 3 aromatic rings. The lowest BCUT2D eigenvalue weighted by Gasteiger charge is -2.21. The molecule has 6 heteroatoms. The first kappa shape index (κ1) is 14.7. The Labute approximate surface area is 139 Å². The van der Waals surface area contributed by atoms with Crippen LogP contribution in [0.4, 0.5) is 11.8 Å². The number of nitrogen functional groups attached to an aromatic ring is 2. The number of anilines is 2. The minimum atomic E-state index is 0.156. The van der Waals surface area contributed by atoms with Crippen molar-refractivity contribution in [3.05, 3.63) is 35.5 Å². The number of benzene rings is 1. The minimum Gasteiger partial charge on any atom is -0.497 e. The van der Waals surface area contributed by atoms with Gasteiger partial charge in [-0.2, -0.15) is 9.97 Å². The normalized spacial score (nSPS) is 13.7. The number of nitrogens with zero attached hydrogens (tertiary/aromatic N) is 3. The van der Waals surface area contributed by atoms with Gasteiger partial charge < -0.3 is 16.2 Å². The largest absolute Gasteiger partial charge is 0.497 e. The predicted octanol–water partition coefficient (Wildman–Crippen LogP) is 2.74. The first-order valence-corrected chi connectivity index (χ1v) is 8.06. The van der Waals surface area contributed by atoms with Crippen LogP contribution in [0.2, 0.25) is 0 Å². The molecule has 24 heavy (non-hydrogen) atoms. The Morgan fingerprint density at radius 2 is 1.71 bits per heavy atom. The molecule has 0 amide bonds. The van der Waals surface area contributed by atoms with Gasteiger partial charge in [0.25, 0.3) is 0 Å². The fourth-order valence-electron chi connectivity index (χ4n) is 3.44. The van der Waals surface area contributed by atoms with Crippen LogP contribution in [0.5, 0.6) is 5.75 Å². The summed E-state index contributed by atoms with van der Waals surface area (Å²) in [5, 5.41) is 0.787. The van der Waals surface area contributed by atoms with Crippen LogP contribution < -0.4 is 16.2 Å². The highest BCUT2D eigenvalue weighted by Crippen LogP contribution is 2.38. The van der Waals surface area contributed by atoms with Crippen LogP contribution in [0.25, 0.3) is 22.2 Å². The summed E-state index contributed by atoms with van der Waals surface area (Å²) in [6.45, 7) is 0. The molecule has 6 nitrogen and oxygen atoms in total. The van der Waals surface area contributed by atoms with Crippen molar-refractivity contribution in [1.82, 2.24) is 15.0 Å². The lowest BCUT2D eigenvalue weighted by atomic mass is 9.87. The highest BCUT2D eigenvalue weighted by molar-refractivity contribution is 6.01. The average Bonchev–Trinajstić information content (AvgIpc) is 2.60. The van der Waals surface area contributed by atoms with E-state index < -0.39 is 0 Å². The van der Waals surface area contributed by atoms with Crippen molar-refractivity contribution in [3.8, 4) is 16.9 Å². The summed E-state index contributed by atoms with van der Waals surface area (Å²) < 4.78 is 5.27. The lowest BCUT2D eigenvalue weighted by molar-refractivity contribution is 0.415. The first-order valence-electron chi connectivity index (χ1n) is 8.06. The van der Waals surface area contributed by atoms with E-state index in [1.54, 1.807) is 7.11 Å². The summed E-state index contributed by atoms with van der Waals surface area (Å²) >= 11 is 0. The summed E-state index contributed by atoms with van der Waals surface area (Å²) in [5.41, 5.74) is 17.0. The Balaban J connectivity index is 2.06. The van der Waals surface area contributed by atoms with E-state index in [4.69, 9.17) is 21.2 Å². The van der Waals surface area contributed by atoms with Gasteiger partial charge in [0.1, 0.15) is 11.6 Å². The number of fused-ring (bicyclic) bond motifs is 2. The van der Waals surface area contributed by atoms with Gasteiger partial charge in [-0.3, -0.25) is 0 Å². The molecule has 0 saturated carbocycles. The molecule has 1 aliphatic carbocycles. The molecule has 0 saturated heterocycles. The number of hydrogen-bond donors (Lipinski definition) is 2. The molecule has 0 spiro atoms. The van der Waals surface area contributed by atoms with Gasteiger partial charge in [-0.25, -0.2) is 4.98 Å². The van der Waals surface area contributed by atoms with Crippen LogP contribution in [0.1, 0.15) is 24.1 Å². The van der Waals surface area contributed by atoms with Gasteiger partial charge in [0, 0.05) is 11.3 Å². The molecule has 4 N–H and O–H groups in total. The van der Waals surface area contributed by atoms with Crippen LogP contribution in [-0.2, 0) is 12.8 Å². The number of aryl methyl sites for hydroxylation is 1. The SMILES string of the molecule is COc1ccc(-c2c3c(nc4nc(N)nc(N)c24)CCCC3)cc1. The Morgan fingerprint density at radius 1 is 0.958 bits per heavy atom. The summed E-state index contributed by atoms with van der Waals surface area (Å²) in [6.07, 6.45) is 4.24. The van der Waals surface area contributed by atoms with Crippen molar-refractivity contribution in [2.45, 2.75) is 25.7 Å². The average molecular weight is 321 g/mol. The van der Waals surface area contributed by atoms with E-state index in [0.717, 1.165) is 53.6 Å². The molecule has 1 aliphatic rings. The van der Waals surface area contributed by atoms with Crippen molar-refractivity contribution in [2.75, 3.05) is 18.6 Å². The second kappa shape index (κ2) is 5.63. The summed E-state index contributed by atoms with van der Waals surface area (Å²) in [6, 6.07) is 7.98. The zero-order valence-electron chi connectivity index (χ0n) is 13.5. The highest BCUT2D eigenvalue weighted by atomic mass is 16.5. The standard InChI is InChI=1S/C18H19N5O/c1-24-11-8-6-10(7-9-11)14-12-4-2-3-5-13(12)21-17-15(14)16(19)22-18(20)23-17/h6-9H,2-5H2,1H3,(H4,19,20,21,22,23). The Hall–Kier alpha value is -2.89. The zero-order chi connectivity index (χ0) is 16.7. The summed E-state index contributed by atoms with van der Waals surface area (Å²) in [7, 11) is 1.66. The van der Waals surface area contributed by atoms with Crippen molar-refractivity contribution < 1.29 is 4.74 Å². The Kier molecular flexibility index (Phi) is 3.45. The molecule has 0 radical (unpaired) electrons. The lowest BCUT2D eigenvalue weighted by Crippen LogP contribution is -2.11.